The van der Waals surface area contributed by atoms with E-state index in [-0.39, 0.29) is 12.0 Å². The van der Waals surface area contributed by atoms with Gasteiger partial charge in [0.1, 0.15) is 11.0 Å². The van der Waals surface area contributed by atoms with Crippen molar-refractivity contribution < 1.29 is 9.53 Å². The van der Waals surface area contributed by atoms with Crippen LogP contribution in [0.4, 0.5) is 0 Å². The quantitative estimate of drug-likeness (QED) is 0.807. The average Bonchev–Trinajstić information content (AvgIpc) is 2.95. The van der Waals surface area contributed by atoms with Crippen LogP contribution in [0.25, 0.3) is 0 Å². The maximum Gasteiger partial charge on any atom is 0.327 e. The summed E-state index contributed by atoms with van der Waals surface area (Å²) in [7, 11) is 1.38. The van der Waals surface area contributed by atoms with Crippen molar-refractivity contribution in [1.29, 1.82) is 0 Å². The van der Waals surface area contributed by atoms with Crippen LogP contribution in [0.3, 0.4) is 0 Å². The first-order chi connectivity index (χ1) is 10.6. The molecular formula is C16H19ClN2O2S. The molecule has 0 aliphatic carbocycles. The van der Waals surface area contributed by atoms with Gasteiger partial charge in [-0.2, -0.15) is 0 Å². The van der Waals surface area contributed by atoms with Crippen molar-refractivity contribution >= 4 is 28.9 Å². The van der Waals surface area contributed by atoms with Crippen LogP contribution in [0.5, 0.6) is 0 Å². The van der Waals surface area contributed by atoms with Crippen LogP contribution in [-0.4, -0.2) is 18.1 Å². The Kier molecular flexibility index (Phi) is 5.94. The lowest BCUT2D eigenvalue weighted by Crippen LogP contribution is -2.33. The van der Waals surface area contributed by atoms with Gasteiger partial charge in [0.25, 0.3) is 0 Å². The number of nitrogens with one attached hydrogen (secondary N) is 1. The number of hydrogen-bond donors (Lipinski definition) is 1. The Morgan fingerprint density at radius 3 is 2.73 bits per heavy atom. The van der Waals surface area contributed by atoms with Crippen LogP contribution < -0.4 is 5.32 Å². The Labute approximate surface area is 139 Å². The van der Waals surface area contributed by atoms with E-state index in [1.165, 1.54) is 7.11 Å². The normalized spacial score (nSPS) is 13.6. The molecule has 2 rings (SSSR count). The van der Waals surface area contributed by atoms with Gasteiger partial charge in [-0.1, -0.05) is 36.7 Å². The highest BCUT2D eigenvalue weighted by Gasteiger charge is 2.27. The van der Waals surface area contributed by atoms with Gasteiger partial charge in [-0.05, 0) is 25.0 Å². The van der Waals surface area contributed by atoms with Crippen molar-refractivity contribution in [1.82, 2.24) is 10.3 Å². The smallest absolute Gasteiger partial charge is 0.327 e. The molecule has 1 N–H and O–H groups in total. The molecule has 0 aliphatic rings. The number of methoxy groups -OCH3 is 1. The number of nitrogens with zero attached hydrogens (tertiary/aromatic N) is 1. The van der Waals surface area contributed by atoms with Gasteiger partial charge in [-0.15, -0.1) is 11.3 Å². The van der Waals surface area contributed by atoms with Gasteiger partial charge in [-0.25, -0.2) is 9.78 Å². The summed E-state index contributed by atoms with van der Waals surface area (Å²) in [6.45, 7) is 4.01. The summed E-state index contributed by atoms with van der Waals surface area (Å²) in [4.78, 5) is 16.7. The molecule has 22 heavy (non-hydrogen) atoms. The molecule has 1 aromatic carbocycles. The van der Waals surface area contributed by atoms with Crippen LogP contribution in [0.2, 0.25) is 5.02 Å². The number of aryl methyl sites for hydroxylation is 1. The third-order valence-electron chi connectivity index (χ3n) is 3.36. The number of halogens is 1. The summed E-state index contributed by atoms with van der Waals surface area (Å²) < 4.78 is 4.93. The van der Waals surface area contributed by atoms with Gasteiger partial charge >= 0.3 is 5.97 Å². The summed E-state index contributed by atoms with van der Waals surface area (Å²) in [5, 5.41) is 6.83. The first-order valence-corrected chi connectivity index (χ1v) is 8.32. The van der Waals surface area contributed by atoms with E-state index in [2.05, 4.69) is 17.2 Å². The molecule has 2 atom stereocenters. The second kappa shape index (κ2) is 7.72. The fourth-order valence-electron chi connectivity index (χ4n) is 2.21. The molecule has 0 saturated heterocycles. The Morgan fingerprint density at radius 1 is 1.45 bits per heavy atom. The van der Waals surface area contributed by atoms with Crippen LogP contribution in [0.1, 0.15) is 41.7 Å². The highest BCUT2D eigenvalue weighted by molar-refractivity contribution is 7.09. The molecular weight excluding hydrogens is 320 g/mol. The summed E-state index contributed by atoms with van der Waals surface area (Å²) in [5.41, 5.74) is 1.69. The zero-order valence-electron chi connectivity index (χ0n) is 12.8. The summed E-state index contributed by atoms with van der Waals surface area (Å²) >= 11 is 7.82. The number of hydrogen-bond acceptors (Lipinski definition) is 5. The third-order valence-corrected chi connectivity index (χ3v) is 4.78. The highest BCUT2D eigenvalue weighted by atomic mass is 35.5. The predicted octanol–water partition coefficient (Wildman–Crippen LogP) is 4.06. The van der Waals surface area contributed by atoms with Crippen LogP contribution in [0, 0.1) is 6.92 Å². The van der Waals surface area contributed by atoms with E-state index in [0.717, 1.165) is 17.1 Å². The van der Waals surface area contributed by atoms with Gasteiger partial charge in [0.2, 0.25) is 0 Å². The number of rotatable bonds is 6. The number of carbonyl (C=O) groups excluding carboxylic acids is 1. The summed E-state index contributed by atoms with van der Waals surface area (Å²) in [5.74, 6) is -0.361. The van der Waals surface area contributed by atoms with Crippen LogP contribution in [-0.2, 0) is 9.53 Å². The first-order valence-electron chi connectivity index (χ1n) is 7.07. The zero-order chi connectivity index (χ0) is 16.1. The monoisotopic (exact) mass is 338 g/mol. The number of carbonyl (C=O) groups is 1. The zero-order valence-corrected chi connectivity index (χ0v) is 14.4. The molecule has 6 heteroatoms. The fraction of sp³-hybridized carbons (Fsp3) is 0.375. The first kappa shape index (κ1) is 16.9. The Hall–Kier alpha value is -1.43. The summed E-state index contributed by atoms with van der Waals surface area (Å²) in [6, 6.07) is 6.64. The van der Waals surface area contributed by atoms with Gasteiger partial charge in [0.05, 0.1) is 13.2 Å². The standard InChI is InChI=1S/C16H19ClN2O2S/c1-4-13(15-18-10(2)9-22-15)19-14(16(20)21-3)11-7-5-6-8-12(11)17/h5-9,13-14,19H,4H2,1-3H3/t13-,14-/m1/s1. The molecule has 0 radical (unpaired) electrons. The maximum atomic E-state index is 12.2. The molecule has 0 spiro atoms. The Bertz CT molecular complexity index is 645. The molecule has 1 heterocycles. The van der Waals surface area contributed by atoms with E-state index in [1.54, 1.807) is 17.4 Å². The van der Waals surface area contributed by atoms with E-state index < -0.39 is 6.04 Å². The molecule has 0 saturated carbocycles. The lowest BCUT2D eigenvalue weighted by molar-refractivity contribution is -0.143. The van der Waals surface area contributed by atoms with Crippen LogP contribution >= 0.6 is 22.9 Å². The fourth-order valence-corrected chi connectivity index (χ4v) is 3.39. The average molecular weight is 339 g/mol. The molecule has 4 nitrogen and oxygen atoms in total. The minimum Gasteiger partial charge on any atom is -0.468 e. The lowest BCUT2D eigenvalue weighted by Gasteiger charge is -2.23. The molecule has 2 aromatic rings. The van der Waals surface area contributed by atoms with Gasteiger partial charge in [-0.3, -0.25) is 5.32 Å². The minimum absolute atomic E-state index is 0.0286. The second-order valence-electron chi connectivity index (χ2n) is 4.93. The van der Waals surface area contributed by atoms with E-state index in [0.29, 0.717) is 10.6 Å². The van der Waals surface area contributed by atoms with E-state index in [9.17, 15) is 4.79 Å². The topological polar surface area (TPSA) is 51.2 Å². The molecule has 0 bridgehead atoms. The number of ether oxygens (including phenoxy) is 1. The molecule has 1 aromatic heterocycles. The molecule has 118 valence electrons. The van der Waals surface area contributed by atoms with Gasteiger partial charge < -0.3 is 4.74 Å². The maximum absolute atomic E-state index is 12.2. The van der Waals surface area contributed by atoms with Crippen molar-refractivity contribution in [2.24, 2.45) is 0 Å². The van der Waals surface area contributed by atoms with Crippen molar-refractivity contribution in [3.63, 3.8) is 0 Å². The van der Waals surface area contributed by atoms with Crippen LogP contribution in [0.15, 0.2) is 29.6 Å². The number of aromatic nitrogens is 1. The van der Waals surface area contributed by atoms with Gasteiger partial charge in [0, 0.05) is 16.1 Å². The second-order valence-corrected chi connectivity index (χ2v) is 6.23. The van der Waals surface area contributed by atoms with E-state index in [1.807, 2.05) is 30.5 Å². The summed E-state index contributed by atoms with van der Waals surface area (Å²) in [6.07, 6.45) is 0.810. The van der Waals surface area contributed by atoms with E-state index >= 15 is 0 Å². The third kappa shape index (κ3) is 3.85. The van der Waals surface area contributed by atoms with Gasteiger partial charge in [0.15, 0.2) is 0 Å². The molecule has 0 aliphatic heterocycles. The van der Waals surface area contributed by atoms with Crippen molar-refractivity contribution in [3.05, 3.63) is 50.9 Å². The Morgan fingerprint density at radius 2 is 2.18 bits per heavy atom. The number of benzene rings is 1. The highest BCUT2D eigenvalue weighted by Crippen LogP contribution is 2.29. The molecule has 0 fully saturated rings. The van der Waals surface area contributed by atoms with Crippen molar-refractivity contribution in [2.75, 3.05) is 7.11 Å². The Balaban J connectivity index is 2.30. The van der Waals surface area contributed by atoms with E-state index in [4.69, 9.17) is 16.3 Å². The number of esters is 1. The minimum atomic E-state index is -0.618. The predicted molar refractivity (Wildman–Crippen MR) is 89.2 cm³/mol. The lowest BCUT2D eigenvalue weighted by atomic mass is 10.1. The number of thiazole rings is 1. The molecule has 0 unspecified atom stereocenters. The largest absolute Gasteiger partial charge is 0.468 e. The SMILES string of the molecule is CC[C@@H](N[C@@H](C(=O)OC)c1ccccc1Cl)c1nc(C)cs1. The van der Waals surface area contributed by atoms with Crippen molar-refractivity contribution in [3.8, 4) is 0 Å². The molecule has 0 amide bonds. The van der Waals surface area contributed by atoms with Crippen molar-refractivity contribution in [2.45, 2.75) is 32.4 Å².